The maximum atomic E-state index is 6.08. The van der Waals surface area contributed by atoms with Crippen molar-refractivity contribution in [3.8, 4) is 22.3 Å². The summed E-state index contributed by atoms with van der Waals surface area (Å²) in [6.45, 7) is 0. The first-order valence-corrected chi connectivity index (χ1v) is 17.4. The smallest absolute Gasteiger partial charge is 0.135 e. The molecule has 10 aromatic rings. The number of rotatable bonds is 5. The summed E-state index contributed by atoms with van der Waals surface area (Å²) in [6.07, 6.45) is 0. The zero-order chi connectivity index (χ0) is 32.3. The Morgan fingerprint density at radius 1 is 0.347 bits per heavy atom. The minimum absolute atomic E-state index is 0.913. The van der Waals surface area contributed by atoms with Crippen LogP contribution in [0.3, 0.4) is 0 Å². The van der Waals surface area contributed by atoms with E-state index >= 15 is 0 Å². The van der Waals surface area contributed by atoms with Crippen LogP contribution in [0.1, 0.15) is 0 Å². The van der Waals surface area contributed by atoms with Gasteiger partial charge in [-0.3, -0.25) is 0 Å². The van der Waals surface area contributed by atoms with E-state index in [4.69, 9.17) is 4.42 Å². The minimum atomic E-state index is 0.913. The highest BCUT2D eigenvalue weighted by Gasteiger charge is 2.15. The Kier molecular flexibility index (Phi) is 6.39. The lowest BCUT2D eigenvalue weighted by Crippen LogP contribution is -2.09. The number of benzene rings is 8. The summed E-state index contributed by atoms with van der Waals surface area (Å²) in [4.78, 5) is 2.35. The van der Waals surface area contributed by atoms with Crippen LogP contribution in [0.15, 0.2) is 180 Å². The van der Waals surface area contributed by atoms with Gasteiger partial charge >= 0.3 is 0 Å². The van der Waals surface area contributed by atoms with E-state index in [0.29, 0.717) is 0 Å². The van der Waals surface area contributed by atoms with E-state index in [9.17, 15) is 0 Å². The SMILES string of the molecule is c1ccc2cc(N(c3ccc(-c4ccc5oc6ccccc6c5c4)cc3)c3ccc(-c4ccc5sc6ccccc6c5c4)cc3)ccc2c1. The minimum Gasteiger partial charge on any atom is -0.456 e. The lowest BCUT2D eigenvalue weighted by atomic mass is 10.0. The maximum absolute atomic E-state index is 6.08. The molecule has 2 nitrogen and oxygen atoms in total. The average molecular weight is 644 g/mol. The first kappa shape index (κ1) is 27.9. The van der Waals surface area contributed by atoms with Crippen LogP contribution in [0, 0.1) is 0 Å². The third kappa shape index (κ3) is 4.78. The molecule has 0 fully saturated rings. The van der Waals surface area contributed by atoms with Crippen molar-refractivity contribution in [2.45, 2.75) is 0 Å². The van der Waals surface area contributed by atoms with Crippen molar-refractivity contribution < 1.29 is 4.42 Å². The molecule has 2 heterocycles. The van der Waals surface area contributed by atoms with Crippen LogP contribution in [-0.4, -0.2) is 0 Å². The molecule has 0 radical (unpaired) electrons. The van der Waals surface area contributed by atoms with Crippen LogP contribution >= 0.6 is 11.3 Å². The van der Waals surface area contributed by atoms with Crippen molar-refractivity contribution in [3.05, 3.63) is 176 Å². The van der Waals surface area contributed by atoms with E-state index in [1.807, 2.05) is 23.5 Å². The van der Waals surface area contributed by atoms with Gasteiger partial charge in [0.25, 0.3) is 0 Å². The number of para-hydroxylation sites is 1. The Labute approximate surface area is 287 Å². The molecule has 0 aliphatic rings. The zero-order valence-electron chi connectivity index (χ0n) is 26.5. The number of furan rings is 1. The van der Waals surface area contributed by atoms with Gasteiger partial charge in [0.15, 0.2) is 0 Å². The highest BCUT2D eigenvalue weighted by molar-refractivity contribution is 7.25. The molecule has 8 aromatic carbocycles. The summed E-state index contributed by atoms with van der Waals surface area (Å²) in [6, 6.07) is 63.4. The molecular formula is C46H29NOS. The highest BCUT2D eigenvalue weighted by Crippen LogP contribution is 2.40. The molecule has 230 valence electrons. The van der Waals surface area contributed by atoms with Gasteiger partial charge in [-0.15, -0.1) is 11.3 Å². The van der Waals surface area contributed by atoms with E-state index in [0.717, 1.165) is 39.0 Å². The monoisotopic (exact) mass is 643 g/mol. The number of thiophene rings is 1. The third-order valence-corrected chi connectivity index (χ3v) is 10.8. The van der Waals surface area contributed by atoms with Crippen LogP contribution in [-0.2, 0) is 0 Å². The summed E-state index contributed by atoms with van der Waals surface area (Å²) in [5.41, 5.74) is 9.94. The summed E-state index contributed by atoms with van der Waals surface area (Å²) in [7, 11) is 0. The second-order valence-corrected chi connectivity index (χ2v) is 13.7. The van der Waals surface area contributed by atoms with Gasteiger partial charge in [0.2, 0.25) is 0 Å². The Hall–Kier alpha value is -6.16. The van der Waals surface area contributed by atoms with Gasteiger partial charge in [-0.2, -0.15) is 0 Å². The van der Waals surface area contributed by atoms with Crippen molar-refractivity contribution in [2.75, 3.05) is 4.90 Å². The second-order valence-electron chi connectivity index (χ2n) is 12.6. The van der Waals surface area contributed by atoms with Gasteiger partial charge < -0.3 is 9.32 Å². The van der Waals surface area contributed by atoms with Crippen LogP contribution in [0.2, 0.25) is 0 Å². The lowest BCUT2D eigenvalue weighted by molar-refractivity contribution is 0.669. The summed E-state index contributed by atoms with van der Waals surface area (Å²) in [5, 5.41) is 7.38. The van der Waals surface area contributed by atoms with E-state index in [2.05, 4.69) is 169 Å². The second kappa shape index (κ2) is 11.2. The topological polar surface area (TPSA) is 16.4 Å². The number of anilines is 3. The van der Waals surface area contributed by atoms with Crippen LogP contribution in [0.4, 0.5) is 17.1 Å². The van der Waals surface area contributed by atoms with Gasteiger partial charge in [0.05, 0.1) is 0 Å². The standard InChI is InChI=1S/C46H29NOS/c1-2-8-33-27-38(24-17-30(33)7-1)47(36-20-13-31(14-21-36)34-18-25-44-41(28-34)39-9-3-5-11-43(39)48-44)37-22-15-32(16-23-37)35-19-26-46-42(29-35)40-10-4-6-12-45(40)49-46/h1-29H. The van der Waals surface area contributed by atoms with Crippen molar-refractivity contribution in [1.29, 1.82) is 0 Å². The molecule has 10 rings (SSSR count). The Bertz CT molecular complexity index is 2670. The van der Waals surface area contributed by atoms with Gasteiger partial charge in [-0.05, 0) is 106 Å². The number of hydrogen-bond donors (Lipinski definition) is 0. The van der Waals surface area contributed by atoms with Crippen molar-refractivity contribution in [2.24, 2.45) is 0 Å². The third-order valence-electron chi connectivity index (χ3n) is 9.66. The van der Waals surface area contributed by atoms with Gasteiger partial charge in [0, 0.05) is 48.0 Å². The molecule has 49 heavy (non-hydrogen) atoms. The van der Waals surface area contributed by atoms with Gasteiger partial charge in [0.1, 0.15) is 11.2 Å². The van der Waals surface area contributed by atoms with Crippen LogP contribution < -0.4 is 4.90 Å². The largest absolute Gasteiger partial charge is 0.456 e. The predicted octanol–water partition coefficient (Wildman–Crippen LogP) is 13.9. The Morgan fingerprint density at radius 3 is 1.67 bits per heavy atom. The fourth-order valence-electron chi connectivity index (χ4n) is 7.18. The van der Waals surface area contributed by atoms with Crippen LogP contribution in [0.25, 0.3) is 75.1 Å². The molecule has 0 saturated heterocycles. The maximum Gasteiger partial charge on any atom is 0.135 e. The molecule has 0 saturated carbocycles. The fraction of sp³-hybridized carbons (Fsp3) is 0. The molecule has 0 atom stereocenters. The van der Waals surface area contributed by atoms with Crippen molar-refractivity contribution >= 4 is 81.3 Å². The zero-order valence-corrected chi connectivity index (χ0v) is 27.3. The average Bonchev–Trinajstić information content (AvgIpc) is 3.73. The highest BCUT2D eigenvalue weighted by atomic mass is 32.1. The summed E-state index contributed by atoms with van der Waals surface area (Å²) >= 11 is 1.86. The van der Waals surface area contributed by atoms with E-state index in [1.165, 1.54) is 53.2 Å². The van der Waals surface area contributed by atoms with Crippen LogP contribution in [0.5, 0.6) is 0 Å². The summed E-state index contributed by atoms with van der Waals surface area (Å²) in [5.74, 6) is 0. The Balaban J connectivity index is 1.04. The van der Waals surface area contributed by atoms with E-state index in [1.54, 1.807) is 0 Å². The molecular weight excluding hydrogens is 615 g/mol. The first-order chi connectivity index (χ1) is 24.2. The molecule has 0 spiro atoms. The van der Waals surface area contributed by atoms with E-state index in [-0.39, 0.29) is 0 Å². The van der Waals surface area contributed by atoms with E-state index < -0.39 is 0 Å². The molecule has 0 amide bonds. The molecule has 0 N–H and O–H groups in total. The molecule has 0 aliphatic carbocycles. The summed E-state index contributed by atoms with van der Waals surface area (Å²) < 4.78 is 8.74. The molecule has 2 aromatic heterocycles. The molecule has 3 heteroatoms. The fourth-order valence-corrected chi connectivity index (χ4v) is 8.27. The number of hydrogen-bond acceptors (Lipinski definition) is 3. The quantitative estimate of drug-likeness (QED) is 0.186. The first-order valence-electron chi connectivity index (χ1n) is 16.6. The Morgan fingerprint density at radius 2 is 0.898 bits per heavy atom. The molecule has 0 aliphatic heterocycles. The van der Waals surface area contributed by atoms with Gasteiger partial charge in [-0.25, -0.2) is 0 Å². The normalized spacial score (nSPS) is 11.7. The molecule has 0 bridgehead atoms. The van der Waals surface area contributed by atoms with Gasteiger partial charge in [-0.1, -0.05) is 103 Å². The van der Waals surface area contributed by atoms with Crippen molar-refractivity contribution in [1.82, 2.24) is 0 Å². The predicted molar refractivity (Wildman–Crippen MR) is 210 cm³/mol. The lowest BCUT2D eigenvalue weighted by Gasteiger charge is -2.26. The molecule has 0 unspecified atom stereocenters. The number of nitrogens with zero attached hydrogens (tertiary/aromatic N) is 1. The number of fused-ring (bicyclic) bond motifs is 7. The van der Waals surface area contributed by atoms with Crippen molar-refractivity contribution in [3.63, 3.8) is 0 Å².